The summed E-state index contributed by atoms with van der Waals surface area (Å²) in [6.07, 6.45) is 0.519. The van der Waals surface area contributed by atoms with Gasteiger partial charge < -0.3 is 10.0 Å². The molecule has 1 saturated carbocycles. The summed E-state index contributed by atoms with van der Waals surface area (Å²) in [6, 6.07) is 0. The van der Waals surface area contributed by atoms with Crippen LogP contribution in [0.3, 0.4) is 0 Å². The first-order chi connectivity index (χ1) is 6.11. The van der Waals surface area contributed by atoms with E-state index in [1.165, 1.54) is 0 Å². The lowest BCUT2D eigenvalue weighted by Gasteiger charge is -2.18. The van der Waals surface area contributed by atoms with Crippen LogP contribution >= 0.6 is 0 Å². The SMILES string of the molecule is CCN(CC)C(=O)[C@@H]1C[C@@H]1C(=O)O. The van der Waals surface area contributed by atoms with Gasteiger partial charge in [-0.2, -0.15) is 0 Å². The van der Waals surface area contributed by atoms with E-state index in [1.807, 2.05) is 13.8 Å². The summed E-state index contributed by atoms with van der Waals surface area (Å²) >= 11 is 0. The standard InChI is InChI=1S/C9H15NO3/c1-3-10(4-2)8(11)6-5-7(6)9(12)13/h6-7H,3-5H2,1-2H3,(H,12,13)/t6-,7+/m1/s1. The Balaban J connectivity index is 2.46. The molecule has 0 aromatic carbocycles. The van der Waals surface area contributed by atoms with Gasteiger partial charge in [0.1, 0.15) is 0 Å². The zero-order valence-electron chi connectivity index (χ0n) is 7.99. The molecule has 1 N–H and O–H groups in total. The van der Waals surface area contributed by atoms with E-state index in [0.717, 1.165) is 0 Å². The molecular weight excluding hydrogens is 170 g/mol. The van der Waals surface area contributed by atoms with Gasteiger partial charge in [0.2, 0.25) is 5.91 Å². The van der Waals surface area contributed by atoms with E-state index in [2.05, 4.69) is 0 Å². The highest BCUT2D eigenvalue weighted by atomic mass is 16.4. The molecule has 1 aliphatic carbocycles. The van der Waals surface area contributed by atoms with E-state index in [9.17, 15) is 9.59 Å². The van der Waals surface area contributed by atoms with Gasteiger partial charge in [0, 0.05) is 13.1 Å². The number of hydrogen-bond donors (Lipinski definition) is 1. The third kappa shape index (κ3) is 1.99. The van der Waals surface area contributed by atoms with E-state index in [1.54, 1.807) is 4.90 Å². The fourth-order valence-electron chi connectivity index (χ4n) is 1.51. The predicted molar refractivity (Wildman–Crippen MR) is 47.2 cm³/mol. The Hall–Kier alpha value is -1.06. The van der Waals surface area contributed by atoms with Crippen molar-refractivity contribution in [2.45, 2.75) is 20.3 Å². The van der Waals surface area contributed by atoms with Crippen LogP contribution in [0.25, 0.3) is 0 Å². The van der Waals surface area contributed by atoms with Crippen molar-refractivity contribution in [3.63, 3.8) is 0 Å². The van der Waals surface area contributed by atoms with E-state index in [-0.39, 0.29) is 11.8 Å². The number of carboxylic acids is 1. The van der Waals surface area contributed by atoms with Crippen molar-refractivity contribution in [1.82, 2.24) is 4.90 Å². The van der Waals surface area contributed by atoms with Crippen molar-refractivity contribution in [1.29, 1.82) is 0 Å². The van der Waals surface area contributed by atoms with Crippen LogP contribution in [0.4, 0.5) is 0 Å². The maximum Gasteiger partial charge on any atom is 0.307 e. The highest BCUT2D eigenvalue weighted by Gasteiger charge is 2.49. The lowest BCUT2D eigenvalue weighted by molar-refractivity contribution is -0.141. The Morgan fingerprint density at radius 3 is 2.15 bits per heavy atom. The molecule has 4 heteroatoms. The van der Waals surface area contributed by atoms with Crippen LogP contribution in [0.1, 0.15) is 20.3 Å². The smallest absolute Gasteiger partial charge is 0.307 e. The molecule has 1 rings (SSSR count). The monoisotopic (exact) mass is 185 g/mol. The van der Waals surface area contributed by atoms with E-state index in [4.69, 9.17) is 5.11 Å². The zero-order valence-corrected chi connectivity index (χ0v) is 7.99. The van der Waals surface area contributed by atoms with Gasteiger partial charge in [0.25, 0.3) is 0 Å². The van der Waals surface area contributed by atoms with E-state index in [0.29, 0.717) is 19.5 Å². The third-order valence-electron chi connectivity index (χ3n) is 2.50. The van der Waals surface area contributed by atoms with Crippen molar-refractivity contribution >= 4 is 11.9 Å². The third-order valence-corrected chi connectivity index (χ3v) is 2.50. The number of aliphatic carboxylic acids is 1. The molecule has 0 bridgehead atoms. The topological polar surface area (TPSA) is 57.6 Å². The first-order valence-electron chi connectivity index (χ1n) is 4.63. The number of carbonyl (C=O) groups is 2. The van der Waals surface area contributed by atoms with Crippen LogP contribution in [0.2, 0.25) is 0 Å². The van der Waals surface area contributed by atoms with Crippen LogP contribution in [0.15, 0.2) is 0 Å². The Kier molecular flexibility index (Phi) is 2.90. The average Bonchev–Trinajstić information content (AvgIpc) is 2.84. The summed E-state index contributed by atoms with van der Waals surface area (Å²) < 4.78 is 0. The number of nitrogens with zero attached hydrogens (tertiary/aromatic N) is 1. The molecule has 0 heterocycles. The van der Waals surface area contributed by atoms with Gasteiger partial charge in [0.05, 0.1) is 11.8 Å². The minimum absolute atomic E-state index is 0.00241. The number of rotatable bonds is 4. The summed E-state index contributed by atoms with van der Waals surface area (Å²) in [5.74, 6) is -1.52. The van der Waals surface area contributed by atoms with Crippen molar-refractivity contribution in [3.05, 3.63) is 0 Å². The molecule has 0 aromatic rings. The van der Waals surface area contributed by atoms with Crippen LogP contribution in [-0.2, 0) is 9.59 Å². The van der Waals surface area contributed by atoms with E-state index < -0.39 is 11.9 Å². The zero-order chi connectivity index (χ0) is 10.0. The normalized spacial score (nSPS) is 25.4. The van der Waals surface area contributed by atoms with Crippen LogP contribution in [0, 0.1) is 11.8 Å². The van der Waals surface area contributed by atoms with Gasteiger partial charge in [-0.05, 0) is 20.3 Å². The molecule has 0 unspecified atom stereocenters. The number of hydrogen-bond acceptors (Lipinski definition) is 2. The average molecular weight is 185 g/mol. The Morgan fingerprint density at radius 2 is 1.85 bits per heavy atom. The van der Waals surface area contributed by atoms with Crippen LogP contribution in [0.5, 0.6) is 0 Å². The molecule has 0 radical (unpaired) electrons. The molecule has 1 fully saturated rings. The molecule has 0 aliphatic heterocycles. The molecule has 13 heavy (non-hydrogen) atoms. The lowest BCUT2D eigenvalue weighted by atomic mass is 10.3. The Bertz CT molecular complexity index is 223. The van der Waals surface area contributed by atoms with Gasteiger partial charge in [-0.3, -0.25) is 9.59 Å². The summed E-state index contributed by atoms with van der Waals surface area (Å²) in [5, 5.41) is 8.63. The summed E-state index contributed by atoms with van der Waals surface area (Å²) in [7, 11) is 0. The van der Waals surface area contributed by atoms with E-state index >= 15 is 0 Å². The molecule has 2 atom stereocenters. The molecule has 0 spiro atoms. The van der Waals surface area contributed by atoms with Crippen LogP contribution < -0.4 is 0 Å². The fourth-order valence-corrected chi connectivity index (χ4v) is 1.51. The second-order valence-electron chi connectivity index (χ2n) is 3.30. The van der Waals surface area contributed by atoms with Gasteiger partial charge in [0.15, 0.2) is 0 Å². The predicted octanol–water partition coefficient (Wildman–Crippen LogP) is 0.575. The highest BCUT2D eigenvalue weighted by molar-refractivity contribution is 5.89. The highest BCUT2D eigenvalue weighted by Crippen LogP contribution is 2.39. The molecule has 74 valence electrons. The molecule has 1 amide bonds. The van der Waals surface area contributed by atoms with Crippen molar-refractivity contribution in [3.8, 4) is 0 Å². The largest absolute Gasteiger partial charge is 0.481 e. The summed E-state index contributed by atoms with van der Waals surface area (Å²) in [4.78, 5) is 23.7. The summed E-state index contributed by atoms with van der Waals surface area (Å²) in [5.41, 5.74) is 0. The van der Waals surface area contributed by atoms with Gasteiger partial charge in [-0.25, -0.2) is 0 Å². The van der Waals surface area contributed by atoms with Crippen LogP contribution in [-0.4, -0.2) is 35.0 Å². The number of amides is 1. The minimum Gasteiger partial charge on any atom is -0.481 e. The molecular formula is C9H15NO3. The van der Waals surface area contributed by atoms with Gasteiger partial charge >= 0.3 is 5.97 Å². The maximum absolute atomic E-state index is 11.5. The van der Waals surface area contributed by atoms with Crippen molar-refractivity contribution in [2.75, 3.05) is 13.1 Å². The second kappa shape index (κ2) is 3.77. The maximum atomic E-state index is 11.5. The number of carboxylic acid groups (broad SMARTS) is 1. The first-order valence-corrected chi connectivity index (χ1v) is 4.63. The molecule has 1 aliphatic rings. The second-order valence-corrected chi connectivity index (χ2v) is 3.30. The lowest BCUT2D eigenvalue weighted by Crippen LogP contribution is -2.32. The number of carbonyl (C=O) groups excluding carboxylic acids is 1. The quantitative estimate of drug-likeness (QED) is 0.696. The van der Waals surface area contributed by atoms with Crippen molar-refractivity contribution < 1.29 is 14.7 Å². The molecule has 4 nitrogen and oxygen atoms in total. The molecule has 0 saturated heterocycles. The van der Waals surface area contributed by atoms with Crippen molar-refractivity contribution in [2.24, 2.45) is 11.8 Å². The first kappa shape index (κ1) is 10.0. The fraction of sp³-hybridized carbons (Fsp3) is 0.778. The van der Waals surface area contributed by atoms with Gasteiger partial charge in [-0.1, -0.05) is 0 Å². The molecule has 0 aromatic heterocycles. The Labute approximate surface area is 77.5 Å². The summed E-state index contributed by atoms with van der Waals surface area (Å²) in [6.45, 7) is 5.13. The Morgan fingerprint density at radius 1 is 1.31 bits per heavy atom. The van der Waals surface area contributed by atoms with Gasteiger partial charge in [-0.15, -0.1) is 0 Å². The minimum atomic E-state index is -0.842.